The number of aromatic nitrogens is 3. The van der Waals surface area contributed by atoms with Crippen LogP contribution >= 0.6 is 0 Å². The van der Waals surface area contributed by atoms with Crippen LogP contribution in [-0.4, -0.2) is 55.5 Å². The van der Waals surface area contributed by atoms with Gasteiger partial charge in [0.2, 0.25) is 0 Å². The highest BCUT2D eigenvalue weighted by atomic mass is 16.6. The van der Waals surface area contributed by atoms with Crippen molar-refractivity contribution in [2.24, 2.45) is 0 Å². The van der Waals surface area contributed by atoms with Crippen molar-refractivity contribution in [1.82, 2.24) is 19.2 Å². The Balaban J connectivity index is 1.14. The standard InChI is InChI=1S/C27H28N6O5/c34-26-27(35)32(36)25-23-15-22(3-1-19(23)2-8-24(25)28-26)31-10-9-18(17-31)16-29-11-13-30(14-12-29)20-4-6-21(7-5-20)33(37)38/h4-7,9-10,15,17,36H,1-3,8,11-14,16H2,(H,28,34). The number of allylic oxidation sites excluding steroid dienone is 4. The number of hydrogen-bond donors (Lipinski definition) is 2. The topological polar surface area (TPSA) is 130 Å². The maximum absolute atomic E-state index is 12.1. The average Bonchev–Trinajstić information content (AvgIpc) is 3.40. The van der Waals surface area contributed by atoms with Crippen LogP contribution in [0.3, 0.4) is 0 Å². The molecule has 0 unspecified atom stereocenters. The number of benzene rings is 1. The van der Waals surface area contributed by atoms with E-state index in [1.165, 1.54) is 11.1 Å². The lowest BCUT2D eigenvalue weighted by Gasteiger charge is -2.36. The number of nitrogens with zero attached hydrogens (tertiary/aromatic N) is 5. The Kier molecular flexibility index (Phi) is 5.99. The first kappa shape index (κ1) is 24.0. The smallest absolute Gasteiger partial charge is 0.348 e. The lowest BCUT2D eigenvalue weighted by Crippen LogP contribution is -2.45. The molecule has 11 nitrogen and oxygen atoms in total. The Morgan fingerprint density at radius 3 is 2.45 bits per heavy atom. The second-order valence-corrected chi connectivity index (χ2v) is 10.0. The van der Waals surface area contributed by atoms with Crippen LogP contribution in [0.5, 0.6) is 0 Å². The van der Waals surface area contributed by atoms with E-state index in [1.807, 2.05) is 24.4 Å². The van der Waals surface area contributed by atoms with E-state index in [-0.39, 0.29) is 10.6 Å². The predicted molar refractivity (Wildman–Crippen MR) is 142 cm³/mol. The molecule has 0 atom stereocenters. The Morgan fingerprint density at radius 2 is 1.71 bits per heavy atom. The Hall–Kier alpha value is -4.38. The van der Waals surface area contributed by atoms with Crippen molar-refractivity contribution >= 4 is 22.6 Å². The van der Waals surface area contributed by atoms with E-state index >= 15 is 0 Å². The van der Waals surface area contributed by atoms with Crippen molar-refractivity contribution in [2.45, 2.75) is 32.2 Å². The minimum Gasteiger partial charge on any atom is -0.425 e. The molecule has 3 aliphatic rings. The van der Waals surface area contributed by atoms with Crippen LogP contribution < -0.4 is 16.0 Å². The zero-order chi connectivity index (χ0) is 26.4. The molecule has 2 aromatic heterocycles. The van der Waals surface area contributed by atoms with Gasteiger partial charge >= 0.3 is 11.1 Å². The van der Waals surface area contributed by atoms with Gasteiger partial charge in [-0.15, -0.1) is 4.73 Å². The van der Waals surface area contributed by atoms with Gasteiger partial charge in [0.15, 0.2) is 0 Å². The zero-order valence-corrected chi connectivity index (χ0v) is 20.8. The average molecular weight is 517 g/mol. The summed E-state index contributed by atoms with van der Waals surface area (Å²) in [5.74, 6) is 0. The molecule has 0 bridgehead atoms. The van der Waals surface area contributed by atoms with Gasteiger partial charge in [-0.1, -0.05) is 5.57 Å². The Labute approximate surface area is 217 Å². The predicted octanol–water partition coefficient (Wildman–Crippen LogP) is 2.84. The summed E-state index contributed by atoms with van der Waals surface area (Å²) in [5.41, 5.74) is 4.60. The molecule has 11 heteroatoms. The minimum atomic E-state index is -0.963. The number of aryl methyl sites for hydroxylation is 1. The summed E-state index contributed by atoms with van der Waals surface area (Å²) in [5, 5.41) is 21.3. The summed E-state index contributed by atoms with van der Waals surface area (Å²) in [6, 6.07) is 8.83. The lowest BCUT2D eigenvalue weighted by molar-refractivity contribution is -0.384. The van der Waals surface area contributed by atoms with Gasteiger partial charge in [0.25, 0.3) is 5.69 Å². The van der Waals surface area contributed by atoms with Gasteiger partial charge in [0.05, 0.1) is 4.92 Å². The maximum atomic E-state index is 12.1. The third-order valence-corrected chi connectivity index (χ3v) is 7.75. The van der Waals surface area contributed by atoms with Crippen LogP contribution in [0, 0.1) is 10.1 Å². The largest absolute Gasteiger partial charge is 0.425 e. The molecule has 0 spiro atoms. The number of nitro benzene ring substituents is 1. The fraction of sp³-hybridized carbons (Fsp3) is 0.333. The molecular formula is C27H28N6O5. The molecule has 38 heavy (non-hydrogen) atoms. The monoisotopic (exact) mass is 516 g/mol. The minimum absolute atomic E-state index is 0.103. The van der Waals surface area contributed by atoms with Crippen LogP contribution in [0.25, 0.3) is 11.3 Å². The fourth-order valence-electron chi connectivity index (χ4n) is 5.68. The van der Waals surface area contributed by atoms with Crippen molar-refractivity contribution in [3.63, 3.8) is 0 Å². The fourth-order valence-corrected chi connectivity index (χ4v) is 5.68. The van der Waals surface area contributed by atoms with Crippen molar-refractivity contribution in [1.29, 1.82) is 0 Å². The summed E-state index contributed by atoms with van der Waals surface area (Å²) in [4.78, 5) is 41.7. The first-order valence-electron chi connectivity index (χ1n) is 12.8. The number of aromatic amines is 1. The highest BCUT2D eigenvalue weighted by Gasteiger charge is 2.27. The van der Waals surface area contributed by atoms with Crippen LogP contribution in [0.15, 0.2) is 64.0 Å². The number of H-pyrrole nitrogens is 1. The van der Waals surface area contributed by atoms with E-state index in [2.05, 4.69) is 31.6 Å². The summed E-state index contributed by atoms with van der Waals surface area (Å²) >= 11 is 0. The maximum Gasteiger partial charge on any atom is 0.348 e. The van der Waals surface area contributed by atoms with E-state index in [0.717, 1.165) is 68.9 Å². The van der Waals surface area contributed by atoms with E-state index in [9.17, 15) is 24.9 Å². The molecule has 0 amide bonds. The number of piperazine rings is 1. The second kappa shape index (κ2) is 9.49. The van der Waals surface area contributed by atoms with E-state index in [4.69, 9.17) is 0 Å². The van der Waals surface area contributed by atoms with Crippen LogP contribution in [-0.2, 0) is 13.0 Å². The second-order valence-electron chi connectivity index (χ2n) is 10.0. The summed E-state index contributed by atoms with van der Waals surface area (Å²) in [6.07, 6.45) is 9.28. The van der Waals surface area contributed by atoms with Gasteiger partial charge in [-0.3, -0.25) is 24.6 Å². The van der Waals surface area contributed by atoms with Gasteiger partial charge in [-0.25, -0.2) is 0 Å². The summed E-state index contributed by atoms with van der Waals surface area (Å²) in [7, 11) is 0. The molecule has 1 aromatic carbocycles. The third-order valence-electron chi connectivity index (χ3n) is 7.75. The molecule has 1 fully saturated rings. The van der Waals surface area contributed by atoms with Crippen molar-refractivity contribution < 1.29 is 10.1 Å². The number of nitrogens with one attached hydrogen (secondary N) is 1. The van der Waals surface area contributed by atoms with Crippen LogP contribution in [0.2, 0.25) is 0 Å². The number of non-ortho nitro benzene ring substituents is 1. The van der Waals surface area contributed by atoms with Crippen molar-refractivity contribution in [3.05, 3.63) is 102 Å². The Bertz CT molecular complexity index is 1590. The van der Waals surface area contributed by atoms with Crippen LogP contribution in [0.4, 0.5) is 11.4 Å². The molecule has 0 saturated carbocycles. The third kappa shape index (κ3) is 4.34. The SMILES string of the molecule is O=c1[nH]c2c(n(O)c1=O)C1=C(CCC(n3ccc(CN4CCN(c5ccc([N+](=O)[O-])cc5)CC4)c3)=C1)CC2. The van der Waals surface area contributed by atoms with E-state index in [0.29, 0.717) is 22.5 Å². The van der Waals surface area contributed by atoms with Gasteiger partial charge < -0.3 is 19.7 Å². The molecule has 0 radical (unpaired) electrons. The highest BCUT2D eigenvalue weighted by Crippen LogP contribution is 2.38. The number of hydrogen-bond acceptors (Lipinski definition) is 7. The molecule has 3 heterocycles. The quantitative estimate of drug-likeness (QED) is 0.231. The molecule has 2 N–H and O–H groups in total. The van der Waals surface area contributed by atoms with Gasteiger partial charge in [0, 0.05) is 79.9 Å². The zero-order valence-electron chi connectivity index (χ0n) is 20.8. The molecule has 196 valence electrons. The first-order valence-corrected chi connectivity index (χ1v) is 12.8. The van der Waals surface area contributed by atoms with Gasteiger partial charge in [0.1, 0.15) is 5.69 Å². The number of rotatable bonds is 5. The van der Waals surface area contributed by atoms with Gasteiger partial charge in [-0.2, -0.15) is 0 Å². The molecule has 6 rings (SSSR count). The molecule has 1 aliphatic heterocycles. The van der Waals surface area contributed by atoms with Crippen molar-refractivity contribution in [3.8, 4) is 0 Å². The molecule has 1 saturated heterocycles. The highest BCUT2D eigenvalue weighted by molar-refractivity contribution is 5.84. The normalized spacial score (nSPS) is 17.7. The number of anilines is 1. The van der Waals surface area contributed by atoms with Crippen LogP contribution in [0.1, 0.15) is 36.2 Å². The molecule has 3 aromatic rings. The summed E-state index contributed by atoms with van der Waals surface area (Å²) in [6.45, 7) is 4.31. The number of nitro groups is 1. The lowest BCUT2D eigenvalue weighted by atomic mass is 9.85. The summed E-state index contributed by atoms with van der Waals surface area (Å²) < 4.78 is 2.60. The van der Waals surface area contributed by atoms with Crippen molar-refractivity contribution in [2.75, 3.05) is 31.1 Å². The molecular weight excluding hydrogens is 488 g/mol. The van der Waals surface area contributed by atoms with E-state index in [1.54, 1.807) is 12.1 Å². The first-order chi connectivity index (χ1) is 18.4. The van der Waals surface area contributed by atoms with Gasteiger partial charge in [-0.05, 0) is 55.5 Å². The number of fused-ring (bicyclic) bond motifs is 2. The Morgan fingerprint density at radius 1 is 0.974 bits per heavy atom. The van der Waals surface area contributed by atoms with E-state index < -0.39 is 11.1 Å². The molecule has 2 aliphatic carbocycles.